The molecule has 0 spiro atoms. The quantitative estimate of drug-likeness (QED) is 0.628. The summed E-state index contributed by atoms with van der Waals surface area (Å²) in [4.78, 5) is 11.0. The SMILES string of the molecule is CC1=C(C(F)(F)F)CC(=O)C(I)=C1. The molecule has 0 atom stereocenters. The Hall–Kier alpha value is -0.330. The Labute approximate surface area is 86.8 Å². The van der Waals surface area contributed by atoms with Gasteiger partial charge in [-0.1, -0.05) is 0 Å². The van der Waals surface area contributed by atoms with Gasteiger partial charge in [-0.3, -0.25) is 4.79 Å². The highest BCUT2D eigenvalue weighted by molar-refractivity contribution is 14.1. The molecule has 0 unspecified atom stereocenters. The van der Waals surface area contributed by atoms with Gasteiger partial charge in [0.2, 0.25) is 0 Å². The zero-order chi connectivity index (χ0) is 10.2. The normalized spacial score (nSPS) is 19.2. The molecule has 0 aromatic carbocycles. The Kier molecular flexibility index (Phi) is 2.84. The van der Waals surface area contributed by atoms with Crippen molar-refractivity contribution in [2.75, 3.05) is 0 Å². The van der Waals surface area contributed by atoms with Crippen molar-refractivity contribution in [3.8, 4) is 0 Å². The fourth-order valence-electron chi connectivity index (χ4n) is 1.07. The molecule has 0 aromatic rings. The molecule has 1 rings (SSSR count). The summed E-state index contributed by atoms with van der Waals surface area (Å²) in [6.45, 7) is 1.37. The third-order valence-corrected chi connectivity index (χ3v) is 2.68. The Morgan fingerprint density at radius 2 is 2.00 bits per heavy atom. The average Bonchev–Trinajstić information content (AvgIpc) is 1.94. The summed E-state index contributed by atoms with van der Waals surface area (Å²) < 4.78 is 37.1. The van der Waals surface area contributed by atoms with Crippen molar-refractivity contribution >= 4 is 28.4 Å². The van der Waals surface area contributed by atoms with Crippen LogP contribution in [0.2, 0.25) is 0 Å². The minimum atomic E-state index is -4.38. The molecule has 1 aliphatic rings. The maximum atomic E-state index is 12.3. The van der Waals surface area contributed by atoms with Gasteiger partial charge >= 0.3 is 6.18 Å². The lowest BCUT2D eigenvalue weighted by Gasteiger charge is -2.17. The number of alkyl halides is 3. The molecule has 0 bridgehead atoms. The Balaban J connectivity index is 3.12. The maximum Gasteiger partial charge on any atom is 0.413 e. The summed E-state index contributed by atoms with van der Waals surface area (Å²) in [5.41, 5.74) is -0.589. The summed E-state index contributed by atoms with van der Waals surface area (Å²) in [6.07, 6.45) is -3.63. The van der Waals surface area contributed by atoms with E-state index in [0.717, 1.165) is 0 Å². The topological polar surface area (TPSA) is 17.1 Å². The molecule has 0 N–H and O–H groups in total. The van der Waals surface area contributed by atoms with Crippen LogP contribution in [0, 0.1) is 0 Å². The van der Waals surface area contributed by atoms with E-state index in [1.54, 1.807) is 22.6 Å². The number of hydrogen-bond acceptors (Lipinski definition) is 1. The fourth-order valence-corrected chi connectivity index (χ4v) is 1.72. The Bertz CT molecular complexity index is 312. The van der Waals surface area contributed by atoms with E-state index in [0.29, 0.717) is 3.58 Å². The van der Waals surface area contributed by atoms with Crippen LogP contribution < -0.4 is 0 Å². The zero-order valence-corrected chi connectivity index (χ0v) is 8.86. The predicted molar refractivity (Wildman–Crippen MR) is 50.5 cm³/mol. The molecule has 1 nitrogen and oxygen atoms in total. The maximum absolute atomic E-state index is 12.3. The van der Waals surface area contributed by atoms with Gasteiger partial charge in [0.15, 0.2) is 5.78 Å². The van der Waals surface area contributed by atoms with Crippen molar-refractivity contribution in [2.24, 2.45) is 0 Å². The van der Waals surface area contributed by atoms with Gasteiger partial charge in [0.25, 0.3) is 0 Å². The van der Waals surface area contributed by atoms with Gasteiger partial charge in [-0.05, 0) is 41.2 Å². The van der Waals surface area contributed by atoms with Gasteiger partial charge < -0.3 is 0 Å². The summed E-state index contributed by atoms with van der Waals surface area (Å²) in [6, 6.07) is 0. The van der Waals surface area contributed by atoms with Crippen molar-refractivity contribution in [1.82, 2.24) is 0 Å². The van der Waals surface area contributed by atoms with Gasteiger partial charge in [-0.2, -0.15) is 13.2 Å². The minimum Gasteiger partial charge on any atom is -0.293 e. The van der Waals surface area contributed by atoms with E-state index in [1.165, 1.54) is 13.0 Å². The smallest absolute Gasteiger partial charge is 0.293 e. The molecule has 0 aromatic heterocycles. The Morgan fingerprint density at radius 1 is 1.46 bits per heavy atom. The van der Waals surface area contributed by atoms with E-state index < -0.39 is 24.0 Å². The first kappa shape index (κ1) is 10.7. The third kappa shape index (κ3) is 2.32. The first-order chi connectivity index (χ1) is 5.82. The van der Waals surface area contributed by atoms with Crippen molar-refractivity contribution in [3.05, 3.63) is 20.8 Å². The predicted octanol–water partition coefficient (Wildman–Crippen LogP) is 3.16. The molecule has 0 fully saturated rings. The summed E-state index contributed by atoms with van der Waals surface area (Å²) in [5, 5.41) is 0. The average molecular weight is 302 g/mol. The van der Waals surface area contributed by atoms with E-state index in [9.17, 15) is 18.0 Å². The lowest BCUT2D eigenvalue weighted by Crippen LogP contribution is -2.19. The number of hydrogen-bond donors (Lipinski definition) is 0. The second-order valence-corrected chi connectivity index (χ2v) is 3.91. The first-order valence-corrected chi connectivity index (χ1v) is 4.57. The minimum absolute atomic E-state index is 0.136. The van der Waals surface area contributed by atoms with Crippen molar-refractivity contribution in [3.63, 3.8) is 0 Å². The lowest BCUT2D eigenvalue weighted by atomic mass is 9.97. The first-order valence-electron chi connectivity index (χ1n) is 3.49. The summed E-state index contributed by atoms with van der Waals surface area (Å²) in [7, 11) is 0. The number of allylic oxidation sites excluding steroid dienone is 4. The molecule has 0 saturated carbocycles. The molecule has 1 aliphatic carbocycles. The number of rotatable bonds is 0. The monoisotopic (exact) mass is 302 g/mol. The highest BCUT2D eigenvalue weighted by Gasteiger charge is 2.37. The lowest BCUT2D eigenvalue weighted by molar-refractivity contribution is -0.119. The zero-order valence-electron chi connectivity index (χ0n) is 6.70. The van der Waals surface area contributed by atoms with Crippen LogP contribution >= 0.6 is 22.6 Å². The van der Waals surface area contributed by atoms with E-state index in [2.05, 4.69) is 0 Å². The van der Waals surface area contributed by atoms with Gasteiger partial charge in [0.1, 0.15) is 0 Å². The number of carbonyl (C=O) groups excluding carboxylic acids is 1. The van der Waals surface area contributed by atoms with Crippen LogP contribution in [0.25, 0.3) is 0 Å². The van der Waals surface area contributed by atoms with Crippen LogP contribution in [0.5, 0.6) is 0 Å². The molecule has 13 heavy (non-hydrogen) atoms. The van der Waals surface area contributed by atoms with Crippen LogP contribution in [0.3, 0.4) is 0 Å². The van der Waals surface area contributed by atoms with E-state index in [1.807, 2.05) is 0 Å². The molecule has 0 aliphatic heterocycles. The van der Waals surface area contributed by atoms with E-state index >= 15 is 0 Å². The van der Waals surface area contributed by atoms with Crippen LogP contribution in [-0.4, -0.2) is 12.0 Å². The summed E-state index contributed by atoms with van der Waals surface area (Å²) in [5.74, 6) is -0.460. The summed E-state index contributed by atoms with van der Waals surface area (Å²) >= 11 is 1.75. The van der Waals surface area contributed by atoms with Crippen LogP contribution in [0.15, 0.2) is 20.8 Å². The Morgan fingerprint density at radius 3 is 2.46 bits per heavy atom. The molecule has 0 amide bonds. The molecule has 0 saturated heterocycles. The highest BCUT2D eigenvalue weighted by Crippen LogP contribution is 2.36. The molecule has 0 heterocycles. The highest BCUT2D eigenvalue weighted by atomic mass is 127. The molecule has 0 radical (unpaired) electrons. The van der Waals surface area contributed by atoms with Gasteiger partial charge in [0, 0.05) is 12.0 Å². The van der Waals surface area contributed by atoms with Crippen LogP contribution in [0.1, 0.15) is 13.3 Å². The van der Waals surface area contributed by atoms with Crippen molar-refractivity contribution < 1.29 is 18.0 Å². The number of halogens is 4. The standard InChI is InChI=1S/C8H6F3IO/c1-4-2-6(12)7(13)3-5(4)8(9,10)11/h2H,3H2,1H3. The van der Waals surface area contributed by atoms with Crippen LogP contribution in [-0.2, 0) is 4.79 Å². The number of carbonyl (C=O) groups is 1. The van der Waals surface area contributed by atoms with Gasteiger partial charge in [-0.25, -0.2) is 0 Å². The van der Waals surface area contributed by atoms with Gasteiger partial charge in [0.05, 0.1) is 3.58 Å². The second kappa shape index (κ2) is 3.43. The third-order valence-electron chi connectivity index (χ3n) is 1.77. The molecule has 5 heteroatoms. The van der Waals surface area contributed by atoms with Crippen molar-refractivity contribution in [2.45, 2.75) is 19.5 Å². The number of Topliss-reactive ketones (excluding diaryl/α,β-unsaturated/α-hetero) is 1. The molecular formula is C8H6F3IO. The number of ketones is 1. The fraction of sp³-hybridized carbons (Fsp3) is 0.375. The van der Waals surface area contributed by atoms with E-state index in [4.69, 9.17) is 0 Å². The molecule has 72 valence electrons. The second-order valence-electron chi connectivity index (χ2n) is 2.75. The largest absolute Gasteiger partial charge is 0.413 e. The van der Waals surface area contributed by atoms with Crippen LogP contribution in [0.4, 0.5) is 13.2 Å². The molecular weight excluding hydrogens is 296 g/mol. The van der Waals surface area contributed by atoms with E-state index in [-0.39, 0.29) is 5.57 Å². The van der Waals surface area contributed by atoms with Crippen molar-refractivity contribution in [1.29, 1.82) is 0 Å². The van der Waals surface area contributed by atoms with Gasteiger partial charge in [-0.15, -0.1) is 0 Å².